The Morgan fingerprint density at radius 2 is 1.64 bits per heavy atom. The number of carbonyl (C=O) groups is 1. The number of amides is 1. The molecule has 0 unspecified atom stereocenters. The summed E-state index contributed by atoms with van der Waals surface area (Å²) in [6.45, 7) is 7.71. The third-order valence-electron chi connectivity index (χ3n) is 4.66. The fourth-order valence-electron chi connectivity index (χ4n) is 3.06. The number of benzene rings is 2. The monoisotopic (exact) mass is 407 g/mol. The minimum Gasteiger partial charge on any atom is -0.497 e. The number of ether oxygens (including phenoxy) is 1. The Balaban J connectivity index is 2.20. The third-order valence-corrected chi connectivity index (χ3v) is 7.15. The van der Waals surface area contributed by atoms with Gasteiger partial charge in [-0.05, 0) is 55.7 Å². The van der Waals surface area contributed by atoms with Crippen molar-refractivity contribution in [2.45, 2.75) is 45.8 Å². The summed E-state index contributed by atoms with van der Waals surface area (Å²) in [5, 5.41) is 4.94. The first-order valence-corrected chi connectivity index (χ1v) is 11.3. The number of fused-ring (bicyclic) bond motifs is 1. The molecule has 0 aliphatic rings. The van der Waals surface area contributed by atoms with Gasteiger partial charge in [-0.25, -0.2) is 0 Å². The van der Waals surface area contributed by atoms with Crippen LogP contribution in [0.2, 0.25) is 0 Å². The van der Waals surface area contributed by atoms with Gasteiger partial charge in [-0.15, -0.1) is 0 Å². The molecule has 2 atom stereocenters. The maximum absolute atomic E-state index is 13.0. The van der Waals surface area contributed by atoms with Gasteiger partial charge in [0.05, 0.1) is 26.2 Å². The lowest BCUT2D eigenvalue weighted by atomic mass is 9.97. The largest absolute Gasteiger partial charge is 0.497 e. The highest BCUT2D eigenvalue weighted by Crippen LogP contribution is 2.53. The molecule has 0 radical (unpaired) electrons. The molecule has 0 aliphatic carbocycles. The van der Waals surface area contributed by atoms with E-state index in [0.29, 0.717) is 6.42 Å². The summed E-state index contributed by atoms with van der Waals surface area (Å²) in [6.07, 6.45) is 0.452. The second kappa shape index (κ2) is 10.1. The molecule has 154 valence electrons. The smallest absolute Gasteiger partial charge is 0.352 e. The molecule has 0 aromatic heterocycles. The maximum atomic E-state index is 13.0. The number of carbonyl (C=O) groups excluding carboxylic acids is 1. The summed E-state index contributed by atoms with van der Waals surface area (Å²) in [5.74, 6) is -0.497. The molecule has 0 fully saturated rings. The Bertz CT molecular complexity index is 844. The normalized spacial score (nSPS) is 13.9. The molecule has 0 saturated carbocycles. The van der Waals surface area contributed by atoms with Crippen LogP contribution in [-0.4, -0.2) is 32.0 Å². The van der Waals surface area contributed by atoms with Crippen LogP contribution in [0.15, 0.2) is 36.4 Å². The lowest BCUT2D eigenvalue weighted by Crippen LogP contribution is -2.37. The van der Waals surface area contributed by atoms with Crippen molar-refractivity contribution in [2.75, 3.05) is 20.3 Å². The minimum absolute atomic E-state index is 0.209. The predicted molar refractivity (Wildman–Crippen MR) is 112 cm³/mol. The van der Waals surface area contributed by atoms with E-state index >= 15 is 0 Å². The summed E-state index contributed by atoms with van der Waals surface area (Å²) in [5.41, 5.74) is 0.882. The molecular weight excluding hydrogens is 377 g/mol. The molecule has 0 aliphatic heterocycles. The Hall–Kier alpha value is -1.88. The molecule has 0 saturated heterocycles. The van der Waals surface area contributed by atoms with E-state index in [2.05, 4.69) is 5.32 Å². The highest BCUT2D eigenvalue weighted by atomic mass is 31.2. The van der Waals surface area contributed by atoms with E-state index in [9.17, 15) is 9.36 Å². The van der Waals surface area contributed by atoms with Gasteiger partial charge in [0.1, 0.15) is 11.5 Å². The molecular formula is C21H30NO5P. The third kappa shape index (κ3) is 5.13. The van der Waals surface area contributed by atoms with E-state index in [1.807, 2.05) is 50.2 Å². The second-order valence-corrected chi connectivity index (χ2v) is 8.72. The van der Waals surface area contributed by atoms with Crippen LogP contribution in [0.25, 0.3) is 10.8 Å². The first-order chi connectivity index (χ1) is 13.4. The van der Waals surface area contributed by atoms with Crippen molar-refractivity contribution in [3.8, 4) is 5.75 Å². The first-order valence-electron chi connectivity index (χ1n) is 9.65. The zero-order valence-electron chi connectivity index (χ0n) is 17.2. The number of hydrogen-bond donors (Lipinski definition) is 1. The maximum Gasteiger partial charge on any atom is 0.352 e. The summed E-state index contributed by atoms with van der Waals surface area (Å²) < 4.78 is 29.0. The lowest BCUT2D eigenvalue weighted by Gasteiger charge is -2.27. The molecule has 0 heterocycles. The molecule has 1 amide bonds. The zero-order chi connectivity index (χ0) is 20.7. The number of hydrogen-bond acceptors (Lipinski definition) is 5. The molecule has 28 heavy (non-hydrogen) atoms. The molecule has 2 aromatic carbocycles. The Kier molecular flexibility index (Phi) is 8.05. The van der Waals surface area contributed by atoms with E-state index in [-0.39, 0.29) is 19.1 Å². The lowest BCUT2D eigenvalue weighted by molar-refractivity contribution is -0.122. The van der Waals surface area contributed by atoms with Crippen LogP contribution in [0.5, 0.6) is 5.75 Å². The van der Waals surface area contributed by atoms with Crippen molar-refractivity contribution in [2.24, 2.45) is 0 Å². The van der Waals surface area contributed by atoms with Gasteiger partial charge < -0.3 is 19.1 Å². The zero-order valence-corrected chi connectivity index (χ0v) is 18.1. The summed E-state index contributed by atoms with van der Waals surface area (Å²) in [6, 6.07) is 11.7. The molecule has 2 rings (SSSR count). The van der Waals surface area contributed by atoms with Crippen LogP contribution in [-0.2, 0) is 18.4 Å². The van der Waals surface area contributed by atoms with Gasteiger partial charge in [0.2, 0.25) is 5.91 Å². The van der Waals surface area contributed by atoms with Crippen LogP contribution in [0.3, 0.4) is 0 Å². The quantitative estimate of drug-likeness (QED) is 0.557. The van der Waals surface area contributed by atoms with Crippen molar-refractivity contribution in [1.82, 2.24) is 5.32 Å². The van der Waals surface area contributed by atoms with Crippen molar-refractivity contribution in [3.05, 3.63) is 42.0 Å². The Morgan fingerprint density at radius 3 is 2.21 bits per heavy atom. The van der Waals surface area contributed by atoms with Crippen molar-refractivity contribution >= 4 is 24.3 Å². The Labute approximate surface area is 167 Å². The molecule has 7 heteroatoms. The van der Waals surface area contributed by atoms with Crippen LogP contribution >= 0.6 is 7.60 Å². The Morgan fingerprint density at radius 1 is 1.04 bits per heavy atom. The van der Waals surface area contributed by atoms with E-state index in [1.54, 1.807) is 21.0 Å². The van der Waals surface area contributed by atoms with Crippen LogP contribution in [0.4, 0.5) is 0 Å². The van der Waals surface area contributed by atoms with E-state index in [1.165, 1.54) is 0 Å². The SMILES string of the molecule is CCOP(=O)(OCC)[C@@H](CC)NC(=O)[C@@H](C)c1ccc2cc(OC)ccc2c1. The molecule has 6 nitrogen and oxygen atoms in total. The minimum atomic E-state index is -3.41. The van der Waals surface area contributed by atoms with Crippen molar-refractivity contribution < 1.29 is 23.1 Å². The number of nitrogens with one attached hydrogen (secondary N) is 1. The molecule has 0 spiro atoms. The highest BCUT2D eigenvalue weighted by molar-refractivity contribution is 7.54. The van der Waals surface area contributed by atoms with Gasteiger partial charge in [0, 0.05) is 0 Å². The fourth-order valence-corrected chi connectivity index (χ4v) is 4.95. The summed E-state index contributed by atoms with van der Waals surface area (Å²) in [7, 11) is -1.77. The van der Waals surface area contributed by atoms with Gasteiger partial charge in [-0.2, -0.15) is 0 Å². The molecule has 0 bridgehead atoms. The summed E-state index contributed by atoms with van der Waals surface area (Å²) >= 11 is 0. The first kappa shape index (κ1) is 22.4. The van der Waals surface area contributed by atoms with Crippen LogP contribution < -0.4 is 10.1 Å². The van der Waals surface area contributed by atoms with Crippen molar-refractivity contribution in [3.63, 3.8) is 0 Å². The van der Waals surface area contributed by atoms with E-state index in [4.69, 9.17) is 13.8 Å². The standard InChI is InChI=1S/C21H30NO5P/c1-6-20(28(24,26-7-2)27-8-3)22-21(23)15(4)16-9-10-18-14-19(25-5)12-11-17(18)13-16/h9-15,20H,6-8H2,1-5H3,(H,22,23)/t15-,20-/m0/s1. The second-order valence-electron chi connectivity index (χ2n) is 6.50. The molecule has 1 N–H and O–H groups in total. The predicted octanol–water partition coefficient (Wildman–Crippen LogP) is 5.07. The fraction of sp³-hybridized carbons (Fsp3) is 0.476. The van der Waals surface area contributed by atoms with Crippen molar-refractivity contribution in [1.29, 1.82) is 0 Å². The van der Waals surface area contributed by atoms with Crippen LogP contribution in [0.1, 0.15) is 45.6 Å². The molecule has 2 aromatic rings. The van der Waals surface area contributed by atoms with E-state index in [0.717, 1.165) is 22.1 Å². The average Bonchev–Trinajstić information content (AvgIpc) is 2.70. The summed E-state index contributed by atoms with van der Waals surface area (Å²) in [4.78, 5) is 12.8. The van der Waals surface area contributed by atoms with Gasteiger partial charge in [-0.3, -0.25) is 9.36 Å². The topological polar surface area (TPSA) is 73.9 Å². The number of rotatable bonds is 10. The van der Waals surface area contributed by atoms with Crippen LogP contribution in [0, 0.1) is 0 Å². The average molecular weight is 407 g/mol. The van der Waals surface area contributed by atoms with Gasteiger partial charge in [0.25, 0.3) is 0 Å². The van der Waals surface area contributed by atoms with E-state index < -0.39 is 19.3 Å². The van der Waals surface area contributed by atoms with Gasteiger partial charge >= 0.3 is 7.60 Å². The van der Waals surface area contributed by atoms with Gasteiger partial charge in [-0.1, -0.05) is 31.2 Å². The number of methoxy groups -OCH3 is 1. The highest BCUT2D eigenvalue weighted by Gasteiger charge is 2.36. The van der Waals surface area contributed by atoms with Gasteiger partial charge in [0.15, 0.2) is 0 Å².